The molecule has 1 N–H and O–H groups in total. The minimum absolute atomic E-state index is 0.0883. The summed E-state index contributed by atoms with van der Waals surface area (Å²) >= 11 is 1.53. The minimum Gasteiger partial charge on any atom is -0.494 e. The topological polar surface area (TPSA) is 51.2 Å². The van der Waals surface area contributed by atoms with E-state index in [0.717, 1.165) is 21.5 Å². The van der Waals surface area contributed by atoms with Crippen LogP contribution >= 0.6 is 11.3 Å². The molecular formula is C18H18N2O2S. The fourth-order valence-corrected chi connectivity index (χ4v) is 3.12. The molecule has 1 atom stereocenters. The van der Waals surface area contributed by atoms with Gasteiger partial charge in [-0.15, -0.1) is 11.3 Å². The highest BCUT2D eigenvalue weighted by Crippen LogP contribution is 2.21. The number of carbonyl (C=O) groups excluding carboxylic acids is 1. The van der Waals surface area contributed by atoms with Gasteiger partial charge in [-0.1, -0.05) is 12.1 Å². The maximum absolute atomic E-state index is 12.4. The molecule has 0 saturated carbocycles. The molecule has 0 fully saturated rings. The second-order valence-corrected chi connectivity index (χ2v) is 6.12. The fourth-order valence-electron chi connectivity index (χ4n) is 2.40. The number of carbonyl (C=O) groups is 1. The predicted molar refractivity (Wildman–Crippen MR) is 93.1 cm³/mol. The third-order valence-corrected chi connectivity index (χ3v) is 4.40. The number of rotatable bonds is 5. The molecule has 1 heterocycles. The van der Waals surface area contributed by atoms with Gasteiger partial charge in [0.2, 0.25) is 0 Å². The molecule has 1 amide bonds. The summed E-state index contributed by atoms with van der Waals surface area (Å²) in [7, 11) is 0. The second-order valence-electron chi connectivity index (χ2n) is 5.24. The lowest BCUT2D eigenvalue weighted by Gasteiger charge is -2.15. The van der Waals surface area contributed by atoms with Crippen molar-refractivity contribution < 1.29 is 9.53 Å². The highest BCUT2D eigenvalue weighted by atomic mass is 32.1. The Morgan fingerprint density at radius 3 is 3.00 bits per heavy atom. The van der Waals surface area contributed by atoms with Crippen molar-refractivity contribution in [3.05, 3.63) is 59.1 Å². The molecule has 0 aliphatic heterocycles. The zero-order valence-electron chi connectivity index (χ0n) is 13.1. The number of nitrogens with one attached hydrogen (secondary N) is 1. The zero-order chi connectivity index (χ0) is 16.2. The molecule has 23 heavy (non-hydrogen) atoms. The molecule has 0 radical (unpaired) electrons. The van der Waals surface area contributed by atoms with Crippen LogP contribution < -0.4 is 10.1 Å². The van der Waals surface area contributed by atoms with Gasteiger partial charge in [-0.25, -0.2) is 4.98 Å². The third-order valence-electron chi connectivity index (χ3n) is 3.61. The van der Waals surface area contributed by atoms with Gasteiger partial charge in [-0.05, 0) is 49.7 Å². The van der Waals surface area contributed by atoms with E-state index in [-0.39, 0.29) is 11.9 Å². The van der Waals surface area contributed by atoms with E-state index in [0.29, 0.717) is 12.2 Å². The highest BCUT2D eigenvalue weighted by Gasteiger charge is 2.13. The van der Waals surface area contributed by atoms with Gasteiger partial charge in [0.1, 0.15) is 5.75 Å². The van der Waals surface area contributed by atoms with Crippen LogP contribution in [0.1, 0.15) is 35.8 Å². The maximum Gasteiger partial charge on any atom is 0.251 e. The third kappa shape index (κ3) is 3.51. The van der Waals surface area contributed by atoms with Crippen molar-refractivity contribution in [2.45, 2.75) is 19.9 Å². The van der Waals surface area contributed by atoms with Crippen LogP contribution in [0.2, 0.25) is 0 Å². The van der Waals surface area contributed by atoms with Gasteiger partial charge in [0.05, 0.1) is 28.4 Å². The second kappa shape index (κ2) is 6.79. The fraction of sp³-hybridized carbons (Fsp3) is 0.222. The van der Waals surface area contributed by atoms with Crippen LogP contribution in [-0.2, 0) is 0 Å². The Labute approximate surface area is 139 Å². The highest BCUT2D eigenvalue weighted by molar-refractivity contribution is 7.16. The molecule has 0 aliphatic rings. The summed E-state index contributed by atoms with van der Waals surface area (Å²) in [6.07, 6.45) is 0. The molecule has 5 heteroatoms. The van der Waals surface area contributed by atoms with Gasteiger partial charge >= 0.3 is 0 Å². The van der Waals surface area contributed by atoms with Crippen molar-refractivity contribution in [3.8, 4) is 5.75 Å². The molecule has 118 valence electrons. The van der Waals surface area contributed by atoms with Gasteiger partial charge in [-0.3, -0.25) is 4.79 Å². The van der Waals surface area contributed by atoms with Crippen molar-refractivity contribution in [1.29, 1.82) is 0 Å². The summed E-state index contributed by atoms with van der Waals surface area (Å²) < 4.78 is 6.52. The van der Waals surface area contributed by atoms with Crippen LogP contribution in [0, 0.1) is 0 Å². The molecular weight excluding hydrogens is 308 g/mol. The summed E-state index contributed by atoms with van der Waals surface area (Å²) in [5.41, 5.74) is 4.37. The Balaban J connectivity index is 1.74. The molecule has 1 unspecified atom stereocenters. The van der Waals surface area contributed by atoms with E-state index in [2.05, 4.69) is 10.3 Å². The van der Waals surface area contributed by atoms with E-state index in [1.807, 2.05) is 50.2 Å². The van der Waals surface area contributed by atoms with Gasteiger partial charge < -0.3 is 10.1 Å². The SMILES string of the molecule is CCOc1cccc(C(C)NC(=O)c2ccc3ncsc3c2)c1. The minimum atomic E-state index is -0.0972. The van der Waals surface area contributed by atoms with E-state index in [1.54, 1.807) is 11.6 Å². The average molecular weight is 326 g/mol. The summed E-state index contributed by atoms with van der Waals surface area (Å²) in [6, 6.07) is 13.3. The number of hydrogen-bond donors (Lipinski definition) is 1. The molecule has 0 spiro atoms. The number of ether oxygens (including phenoxy) is 1. The summed E-state index contributed by atoms with van der Waals surface area (Å²) in [4.78, 5) is 16.7. The lowest BCUT2D eigenvalue weighted by molar-refractivity contribution is 0.0940. The number of nitrogens with zero attached hydrogens (tertiary/aromatic N) is 1. The molecule has 4 nitrogen and oxygen atoms in total. The van der Waals surface area contributed by atoms with Crippen molar-refractivity contribution >= 4 is 27.5 Å². The van der Waals surface area contributed by atoms with Gasteiger partial charge in [0.25, 0.3) is 5.91 Å². The van der Waals surface area contributed by atoms with E-state index in [4.69, 9.17) is 4.74 Å². The first-order valence-electron chi connectivity index (χ1n) is 7.54. The molecule has 0 saturated heterocycles. The number of benzene rings is 2. The summed E-state index contributed by atoms with van der Waals surface area (Å²) in [6.45, 7) is 4.54. The molecule has 2 aromatic carbocycles. The molecule has 3 rings (SSSR count). The van der Waals surface area contributed by atoms with Crippen LogP contribution in [0.3, 0.4) is 0 Å². The smallest absolute Gasteiger partial charge is 0.251 e. The van der Waals surface area contributed by atoms with E-state index in [1.165, 1.54) is 11.3 Å². The predicted octanol–water partition coefficient (Wildman–Crippen LogP) is 4.19. The number of amides is 1. The standard InChI is InChI=1S/C18H18N2O2S/c1-3-22-15-6-4-5-13(9-15)12(2)20-18(21)14-7-8-16-17(10-14)23-11-19-16/h4-12H,3H2,1-2H3,(H,20,21). The van der Waals surface area contributed by atoms with Gasteiger partial charge in [0.15, 0.2) is 0 Å². The van der Waals surface area contributed by atoms with Crippen molar-refractivity contribution in [3.63, 3.8) is 0 Å². The number of aromatic nitrogens is 1. The van der Waals surface area contributed by atoms with Crippen LogP contribution in [0.25, 0.3) is 10.2 Å². The van der Waals surface area contributed by atoms with Gasteiger partial charge in [-0.2, -0.15) is 0 Å². The molecule has 1 aromatic heterocycles. The van der Waals surface area contributed by atoms with E-state index in [9.17, 15) is 4.79 Å². The molecule has 0 aliphatic carbocycles. The largest absolute Gasteiger partial charge is 0.494 e. The number of hydrogen-bond acceptors (Lipinski definition) is 4. The van der Waals surface area contributed by atoms with Crippen LogP contribution in [0.5, 0.6) is 5.75 Å². The zero-order valence-corrected chi connectivity index (χ0v) is 13.9. The molecule has 3 aromatic rings. The van der Waals surface area contributed by atoms with Crippen molar-refractivity contribution in [2.75, 3.05) is 6.61 Å². The maximum atomic E-state index is 12.4. The van der Waals surface area contributed by atoms with Gasteiger partial charge in [0, 0.05) is 5.56 Å². The Hall–Kier alpha value is -2.40. The first-order chi connectivity index (χ1) is 11.2. The Kier molecular flexibility index (Phi) is 4.57. The van der Waals surface area contributed by atoms with Crippen molar-refractivity contribution in [1.82, 2.24) is 10.3 Å². The number of fused-ring (bicyclic) bond motifs is 1. The average Bonchev–Trinajstić information content (AvgIpc) is 3.03. The Morgan fingerprint density at radius 2 is 2.17 bits per heavy atom. The Morgan fingerprint density at radius 1 is 1.30 bits per heavy atom. The van der Waals surface area contributed by atoms with Crippen LogP contribution in [0.15, 0.2) is 48.0 Å². The van der Waals surface area contributed by atoms with Crippen LogP contribution in [0.4, 0.5) is 0 Å². The first kappa shape index (κ1) is 15.5. The lowest BCUT2D eigenvalue weighted by Crippen LogP contribution is -2.26. The summed E-state index contributed by atoms with van der Waals surface area (Å²) in [5.74, 6) is 0.729. The summed E-state index contributed by atoms with van der Waals surface area (Å²) in [5, 5.41) is 3.03. The van der Waals surface area contributed by atoms with Crippen molar-refractivity contribution in [2.24, 2.45) is 0 Å². The van der Waals surface area contributed by atoms with E-state index < -0.39 is 0 Å². The first-order valence-corrected chi connectivity index (χ1v) is 8.42. The number of thiazole rings is 1. The Bertz CT molecular complexity index is 829. The quantitative estimate of drug-likeness (QED) is 0.765. The molecule has 0 bridgehead atoms. The van der Waals surface area contributed by atoms with Crippen LogP contribution in [-0.4, -0.2) is 17.5 Å². The monoisotopic (exact) mass is 326 g/mol. The normalized spacial score (nSPS) is 12.1. The lowest BCUT2D eigenvalue weighted by atomic mass is 10.1. The van der Waals surface area contributed by atoms with E-state index >= 15 is 0 Å².